The van der Waals surface area contributed by atoms with Crippen molar-refractivity contribution in [2.24, 2.45) is 5.92 Å². The zero-order valence-corrected chi connectivity index (χ0v) is 17.2. The molecule has 2 aliphatic rings. The molecule has 0 saturated carbocycles. The summed E-state index contributed by atoms with van der Waals surface area (Å²) in [5.74, 6) is -0.621. The molecule has 30 heavy (non-hydrogen) atoms. The zero-order chi connectivity index (χ0) is 21.1. The Bertz CT molecular complexity index is 926. The fraction of sp³-hybridized carbons (Fsp3) is 0.417. The highest BCUT2D eigenvalue weighted by Crippen LogP contribution is 2.28. The number of hydrogen-bond acceptors (Lipinski definition) is 3. The Morgan fingerprint density at radius 1 is 1.17 bits per heavy atom. The predicted octanol–water partition coefficient (Wildman–Crippen LogP) is 3.13. The Morgan fingerprint density at radius 3 is 2.77 bits per heavy atom. The second-order valence-electron chi connectivity index (χ2n) is 8.11. The average molecular weight is 410 g/mol. The Kier molecular flexibility index (Phi) is 6.13. The Hall–Kier alpha value is -2.73. The van der Waals surface area contributed by atoms with Crippen molar-refractivity contribution in [3.63, 3.8) is 0 Å². The summed E-state index contributed by atoms with van der Waals surface area (Å²) >= 11 is 0. The minimum atomic E-state index is -0.385. The maximum Gasteiger partial charge on any atom is 0.251 e. The molecule has 0 aromatic heterocycles. The number of amides is 2. The number of halogens is 1. The van der Waals surface area contributed by atoms with Crippen molar-refractivity contribution >= 4 is 11.8 Å². The van der Waals surface area contributed by atoms with Crippen molar-refractivity contribution in [3.05, 3.63) is 59.9 Å². The Morgan fingerprint density at radius 2 is 2.00 bits per heavy atom. The minimum Gasteiger partial charge on any atom is -0.368 e. The molecule has 0 aliphatic carbocycles. The van der Waals surface area contributed by atoms with Gasteiger partial charge in [0.25, 0.3) is 5.91 Å². The lowest BCUT2D eigenvalue weighted by Gasteiger charge is -2.26. The first-order chi connectivity index (χ1) is 14.5. The number of likely N-dealkylation sites (N-methyl/N-ethyl adjacent to an activating group) is 1. The molecule has 0 bridgehead atoms. The first-order valence-corrected chi connectivity index (χ1v) is 10.5. The lowest BCUT2D eigenvalue weighted by atomic mass is 9.91. The number of nitrogens with zero attached hydrogens (tertiary/aromatic N) is 2. The average Bonchev–Trinajstić information content (AvgIpc) is 3.25. The van der Waals surface area contributed by atoms with Gasteiger partial charge < -0.3 is 14.5 Å². The molecule has 2 aromatic carbocycles. The van der Waals surface area contributed by atoms with Crippen LogP contribution in [-0.2, 0) is 20.7 Å². The molecule has 2 fully saturated rings. The maximum absolute atomic E-state index is 13.8. The van der Waals surface area contributed by atoms with Crippen LogP contribution in [0.5, 0.6) is 0 Å². The predicted molar refractivity (Wildman–Crippen MR) is 112 cm³/mol. The summed E-state index contributed by atoms with van der Waals surface area (Å²) < 4.78 is 19.4. The highest BCUT2D eigenvalue weighted by Gasteiger charge is 2.35. The van der Waals surface area contributed by atoms with Gasteiger partial charge in [0.1, 0.15) is 11.9 Å². The van der Waals surface area contributed by atoms with Crippen molar-refractivity contribution in [3.8, 4) is 11.1 Å². The SMILES string of the molecule is CN1CCN(C(=O)[C@@H]2CCCO2)C[C@H](Cc2ccccc2-c2cccc(F)c2)C1=O. The molecular formula is C24H27FN2O3. The van der Waals surface area contributed by atoms with E-state index in [0.29, 0.717) is 32.7 Å². The fourth-order valence-electron chi connectivity index (χ4n) is 4.36. The summed E-state index contributed by atoms with van der Waals surface area (Å²) in [7, 11) is 1.79. The molecule has 0 spiro atoms. The number of ether oxygens (including phenoxy) is 1. The maximum atomic E-state index is 13.8. The number of rotatable bonds is 4. The van der Waals surface area contributed by atoms with E-state index in [9.17, 15) is 14.0 Å². The summed E-state index contributed by atoms with van der Waals surface area (Å²) in [6.07, 6.45) is 1.74. The molecule has 2 aliphatic heterocycles. The molecule has 5 nitrogen and oxygen atoms in total. The highest BCUT2D eigenvalue weighted by molar-refractivity contribution is 5.84. The van der Waals surface area contributed by atoms with E-state index in [1.165, 1.54) is 12.1 Å². The van der Waals surface area contributed by atoms with Gasteiger partial charge in [-0.25, -0.2) is 4.39 Å². The second kappa shape index (κ2) is 8.96. The van der Waals surface area contributed by atoms with Gasteiger partial charge in [-0.05, 0) is 48.1 Å². The molecule has 4 rings (SSSR count). The van der Waals surface area contributed by atoms with Crippen LogP contribution in [-0.4, -0.2) is 61.0 Å². The molecule has 0 N–H and O–H groups in total. The van der Waals surface area contributed by atoms with Gasteiger partial charge in [0.2, 0.25) is 5.91 Å². The molecule has 2 saturated heterocycles. The van der Waals surface area contributed by atoms with E-state index in [2.05, 4.69) is 0 Å². The number of carbonyl (C=O) groups excluding carboxylic acids is 2. The second-order valence-corrected chi connectivity index (χ2v) is 8.11. The lowest BCUT2D eigenvalue weighted by Crippen LogP contribution is -2.42. The van der Waals surface area contributed by atoms with E-state index in [4.69, 9.17) is 4.74 Å². The molecule has 0 unspecified atom stereocenters. The number of carbonyl (C=O) groups is 2. The Balaban J connectivity index is 1.59. The van der Waals surface area contributed by atoms with Crippen LogP contribution in [0.4, 0.5) is 4.39 Å². The normalized spacial score (nSPS) is 22.3. The number of benzene rings is 2. The summed E-state index contributed by atoms with van der Waals surface area (Å²) in [5.41, 5.74) is 2.67. The standard InChI is InChI=1S/C24H27FN2O3/c1-26-11-12-27(24(29)22-10-5-13-30-22)16-19(23(26)28)14-17-6-2-3-9-21(17)18-7-4-8-20(25)15-18/h2-4,6-9,15,19,22H,5,10-14,16H2,1H3/t19-,22-/m0/s1. The van der Waals surface area contributed by atoms with Gasteiger partial charge in [0, 0.05) is 33.3 Å². The van der Waals surface area contributed by atoms with Crippen LogP contribution in [0, 0.1) is 11.7 Å². The molecule has 0 radical (unpaired) electrons. The van der Waals surface area contributed by atoms with E-state index in [-0.39, 0.29) is 29.7 Å². The molecule has 2 amide bonds. The molecule has 2 aromatic rings. The van der Waals surface area contributed by atoms with Crippen LogP contribution in [0.3, 0.4) is 0 Å². The van der Waals surface area contributed by atoms with Crippen LogP contribution in [0.25, 0.3) is 11.1 Å². The van der Waals surface area contributed by atoms with Gasteiger partial charge in [0.05, 0.1) is 5.92 Å². The van der Waals surface area contributed by atoms with Crippen molar-refractivity contribution in [2.45, 2.75) is 25.4 Å². The third-order valence-corrected chi connectivity index (χ3v) is 6.01. The highest BCUT2D eigenvalue weighted by atomic mass is 19.1. The van der Waals surface area contributed by atoms with E-state index in [1.807, 2.05) is 30.3 Å². The third kappa shape index (κ3) is 4.38. The molecular weight excluding hydrogens is 383 g/mol. The smallest absolute Gasteiger partial charge is 0.251 e. The van der Waals surface area contributed by atoms with Crippen molar-refractivity contribution in [2.75, 3.05) is 33.3 Å². The first kappa shape index (κ1) is 20.5. The summed E-state index contributed by atoms with van der Waals surface area (Å²) in [5, 5.41) is 0. The van der Waals surface area contributed by atoms with Crippen molar-refractivity contribution in [1.29, 1.82) is 0 Å². The van der Waals surface area contributed by atoms with Gasteiger partial charge in [-0.1, -0.05) is 36.4 Å². The van der Waals surface area contributed by atoms with E-state index in [0.717, 1.165) is 29.5 Å². The largest absolute Gasteiger partial charge is 0.368 e. The van der Waals surface area contributed by atoms with Gasteiger partial charge >= 0.3 is 0 Å². The lowest BCUT2D eigenvalue weighted by molar-refractivity contribution is -0.141. The monoisotopic (exact) mass is 410 g/mol. The van der Waals surface area contributed by atoms with Crippen molar-refractivity contribution < 1.29 is 18.7 Å². The molecule has 2 heterocycles. The molecule has 2 atom stereocenters. The number of hydrogen-bond donors (Lipinski definition) is 0. The van der Waals surface area contributed by atoms with Gasteiger partial charge in [-0.2, -0.15) is 0 Å². The van der Waals surface area contributed by atoms with E-state index >= 15 is 0 Å². The molecule has 6 heteroatoms. The van der Waals surface area contributed by atoms with Crippen LogP contribution < -0.4 is 0 Å². The topological polar surface area (TPSA) is 49.9 Å². The summed E-state index contributed by atoms with van der Waals surface area (Å²) in [6, 6.07) is 14.3. The van der Waals surface area contributed by atoms with Gasteiger partial charge in [-0.3, -0.25) is 9.59 Å². The van der Waals surface area contributed by atoms with Crippen LogP contribution >= 0.6 is 0 Å². The first-order valence-electron chi connectivity index (χ1n) is 10.5. The van der Waals surface area contributed by atoms with E-state index in [1.54, 1.807) is 22.9 Å². The van der Waals surface area contributed by atoms with Crippen molar-refractivity contribution in [1.82, 2.24) is 9.80 Å². The van der Waals surface area contributed by atoms with E-state index < -0.39 is 0 Å². The van der Waals surface area contributed by atoms with Crippen LogP contribution in [0.2, 0.25) is 0 Å². The van der Waals surface area contributed by atoms with Gasteiger partial charge in [-0.15, -0.1) is 0 Å². The quantitative estimate of drug-likeness (QED) is 0.778. The Labute approximate surface area is 176 Å². The molecule has 158 valence electrons. The third-order valence-electron chi connectivity index (χ3n) is 6.01. The summed E-state index contributed by atoms with van der Waals surface area (Å²) in [6.45, 7) is 2.02. The van der Waals surface area contributed by atoms with Crippen LogP contribution in [0.1, 0.15) is 18.4 Å². The summed E-state index contributed by atoms with van der Waals surface area (Å²) in [4.78, 5) is 29.4. The minimum absolute atomic E-state index is 0.0148. The fourth-order valence-corrected chi connectivity index (χ4v) is 4.36. The zero-order valence-electron chi connectivity index (χ0n) is 17.2. The van der Waals surface area contributed by atoms with Gasteiger partial charge in [0.15, 0.2) is 0 Å². The van der Waals surface area contributed by atoms with Crippen LogP contribution in [0.15, 0.2) is 48.5 Å².